The van der Waals surface area contributed by atoms with Gasteiger partial charge >= 0.3 is 6.18 Å². The average molecular weight is 400 g/mol. The van der Waals surface area contributed by atoms with Crippen molar-refractivity contribution in [2.75, 3.05) is 13.1 Å². The molecule has 2 aromatic rings. The number of nitrogens with one attached hydrogen (secondary N) is 2. The highest BCUT2D eigenvalue weighted by atomic mass is 32.1. The molecule has 1 aromatic heterocycles. The van der Waals surface area contributed by atoms with Crippen LogP contribution in [-0.2, 0) is 18.1 Å². The van der Waals surface area contributed by atoms with Gasteiger partial charge in [-0.3, -0.25) is 0 Å². The van der Waals surface area contributed by atoms with Crippen LogP contribution in [0.2, 0.25) is 0 Å². The fourth-order valence-corrected chi connectivity index (χ4v) is 3.50. The molecule has 146 valence electrons. The third kappa shape index (κ3) is 4.97. The van der Waals surface area contributed by atoms with E-state index in [9.17, 15) is 17.6 Å². The molecule has 9 heteroatoms. The third-order valence-electron chi connectivity index (χ3n) is 4.46. The molecule has 0 aliphatic heterocycles. The Balaban J connectivity index is 1.63. The SMILES string of the molecule is CCNC(=NCc1nc(C(F)(F)F)cs1)NCC1(c2ccc(F)cc2)CC1. The van der Waals surface area contributed by atoms with Gasteiger partial charge in [-0.15, -0.1) is 11.3 Å². The first-order valence-electron chi connectivity index (χ1n) is 8.62. The number of hydrogen-bond donors (Lipinski definition) is 2. The zero-order chi connectivity index (χ0) is 19.5. The summed E-state index contributed by atoms with van der Waals surface area (Å²) in [5.74, 6) is 0.258. The summed E-state index contributed by atoms with van der Waals surface area (Å²) in [5.41, 5.74) is 0.139. The number of hydrogen-bond acceptors (Lipinski definition) is 3. The number of nitrogens with zero attached hydrogens (tertiary/aromatic N) is 2. The van der Waals surface area contributed by atoms with Gasteiger partial charge in [0.2, 0.25) is 0 Å². The van der Waals surface area contributed by atoms with Gasteiger partial charge in [0.05, 0.1) is 6.54 Å². The fourth-order valence-electron chi connectivity index (χ4n) is 2.78. The summed E-state index contributed by atoms with van der Waals surface area (Å²) in [4.78, 5) is 7.92. The highest BCUT2D eigenvalue weighted by molar-refractivity contribution is 7.09. The van der Waals surface area contributed by atoms with Gasteiger partial charge in [0.25, 0.3) is 0 Å². The molecule has 0 saturated heterocycles. The molecule has 0 unspecified atom stereocenters. The van der Waals surface area contributed by atoms with E-state index >= 15 is 0 Å². The largest absolute Gasteiger partial charge is 0.434 e. The summed E-state index contributed by atoms with van der Waals surface area (Å²) in [5, 5.41) is 7.63. The van der Waals surface area contributed by atoms with Crippen molar-refractivity contribution in [3.05, 3.63) is 51.7 Å². The van der Waals surface area contributed by atoms with Crippen LogP contribution < -0.4 is 10.6 Å². The Bertz CT molecular complexity index is 794. The van der Waals surface area contributed by atoms with E-state index in [0.29, 0.717) is 24.1 Å². The van der Waals surface area contributed by atoms with Crippen molar-refractivity contribution in [1.82, 2.24) is 15.6 Å². The minimum Gasteiger partial charge on any atom is -0.357 e. The summed E-state index contributed by atoms with van der Waals surface area (Å²) < 4.78 is 51.0. The van der Waals surface area contributed by atoms with Gasteiger partial charge in [-0.25, -0.2) is 14.4 Å². The van der Waals surface area contributed by atoms with Gasteiger partial charge < -0.3 is 10.6 Å². The van der Waals surface area contributed by atoms with Crippen molar-refractivity contribution in [1.29, 1.82) is 0 Å². The Kier molecular flexibility index (Phi) is 5.69. The number of thiazole rings is 1. The number of alkyl halides is 3. The molecule has 0 bridgehead atoms. The van der Waals surface area contributed by atoms with Gasteiger partial charge in [0, 0.05) is 23.9 Å². The molecule has 0 spiro atoms. The molecule has 0 atom stereocenters. The van der Waals surface area contributed by atoms with E-state index in [1.54, 1.807) is 12.1 Å². The van der Waals surface area contributed by atoms with Crippen molar-refractivity contribution in [2.24, 2.45) is 4.99 Å². The van der Waals surface area contributed by atoms with Crippen LogP contribution in [0.3, 0.4) is 0 Å². The molecule has 1 saturated carbocycles. The predicted octanol–water partition coefficient (Wildman–Crippen LogP) is 4.09. The normalized spacial score (nSPS) is 16.3. The number of benzene rings is 1. The van der Waals surface area contributed by atoms with Crippen LogP contribution in [-0.4, -0.2) is 24.0 Å². The van der Waals surface area contributed by atoms with E-state index in [2.05, 4.69) is 20.6 Å². The molecule has 1 aliphatic rings. The number of guanidine groups is 1. The van der Waals surface area contributed by atoms with Gasteiger partial charge in [-0.1, -0.05) is 12.1 Å². The fraction of sp³-hybridized carbons (Fsp3) is 0.444. The van der Waals surface area contributed by atoms with Gasteiger partial charge in [0.1, 0.15) is 10.8 Å². The molecule has 1 heterocycles. The lowest BCUT2D eigenvalue weighted by molar-refractivity contribution is -0.140. The highest BCUT2D eigenvalue weighted by Gasteiger charge is 2.44. The van der Waals surface area contributed by atoms with Crippen LogP contribution in [0, 0.1) is 5.82 Å². The standard InChI is InChI=1S/C18H20F4N4S/c1-2-23-16(24-9-15-26-14(10-27-15)18(20,21)22)25-11-17(7-8-17)12-3-5-13(19)6-4-12/h3-6,10H,2,7-9,11H2,1H3,(H2,23,24,25). The van der Waals surface area contributed by atoms with Crippen LogP contribution in [0.4, 0.5) is 17.6 Å². The summed E-state index contributed by atoms with van der Waals surface area (Å²) >= 11 is 0.941. The summed E-state index contributed by atoms with van der Waals surface area (Å²) in [6.45, 7) is 3.23. The van der Waals surface area contributed by atoms with E-state index in [1.165, 1.54) is 12.1 Å². The third-order valence-corrected chi connectivity index (χ3v) is 5.30. The highest BCUT2D eigenvalue weighted by Crippen LogP contribution is 2.47. The van der Waals surface area contributed by atoms with Crippen molar-refractivity contribution >= 4 is 17.3 Å². The first-order chi connectivity index (χ1) is 12.8. The Morgan fingerprint density at radius 1 is 1.22 bits per heavy atom. The van der Waals surface area contributed by atoms with E-state index in [1.807, 2.05) is 6.92 Å². The second kappa shape index (κ2) is 7.84. The summed E-state index contributed by atoms with van der Waals surface area (Å²) in [7, 11) is 0. The zero-order valence-electron chi connectivity index (χ0n) is 14.7. The smallest absolute Gasteiger partial charge is 0.357 e. The molecule has 27 heavy (non-hydrogen) atoms. The number of rotatable bonds is 6. The summed E-state index contributed by atoms with van der Waals surface area (Å²) in [6, 6.07) is 6.50. The maximum absolute atomic E-state index is 13.1. The van der Waals surface area contributed by atoms with Crippen LogP contribution in [0.1, 0.15) is 36.0 Å². The van der Waals surface area contributed by atoms with Crippen molar-refractivity contribution in [3.8, 4) is 0 Å². The Hall–Kier alpha value is -2.16. The van der Waals surface area contributed by atoms with Gasteiger partial charge in [-0.05, 0) is 37.5 Å². The molecular weight excluding hydrogens is 380 g/mol. The Morgan fingerprint density at radius 3 is 2.48 bits per heavy atom. The molecule has 1 aliphatic carbocycles. The molecule has 1 aromatic carbocycles. The second-order valence-corrected chi connectivity index (χ2v) is 7.40. The lowest BCUT2D eigenvalue weighted by Gasteiger charge is -2.19. The summed E-state index contributed by atoms with van der Waals surface area (Å²) in [6.07, 6.45) is -2.45. The van der Waals surface area contributed by atoms with Crippen molar-refractivity contribution < 1.29 is 17.6 Å². The van der Waals surface area contributed by atoms with Gasteiger partial charge in [0.15, 0.2) is 11.7 Å². The molecule has 2 N–H and O–H groups in total. The first-order valence-corrected chi connectivity index (χ1v) is 9.50. The van der Waals surface area contributed by atoms with Crippen LogP contribution in [0.15, 0.2) is 34.6 Å². The van der Waals surface area contributed by atoms with Crippen molar-refractivity contribution in [2.45, 2.75) is 37.9 Å². The monoisotopic (exact) mass is 400 g/mol. The molecule has 1 fully saturated rings. The Morgan fingerprint density at radius 2 is 1.93 bits per heavy atom. The average Bonchev–Trinajstić information content (AvgIpc) is 3.24. The van der Waals surface area contributed by atoms with Gasteiger partial charge in [-0.2, -0.15) is 13.2 Å². The topological polar surface area (TPSA) is 49.3 Å². The molecule has 3 rings (SSSR count). The van der Waals surface area contributed by atoms with E-state index < -0.39 is 11.9 Å². The zero-order valence-corrected chi connectivity index (χ0v) is 15.6. The van der Waals surface area contributed by atoms with Crippen LogP contribution in [0.25, 0.3) is 0 Å². The number of aliphatic imine (C=N–C) groups is 1. The van der Waals surface area contributed by atoms with Crippen molar-refractivity contribution in [3.63, 3.8) is 0 Å². The van der Waals surface area contributed by atoms with E-state index in [4.69, 9.17) is 0 Å². The Labute approximate surface area is 158 Å². The maximum Gasteiger partial charge on any atom is 0.434 e. The first kappa shape index (κ1) is 19.6. The minimum atomic E-state index is -4.44. The second-order valence-electron chi connectivity index (χ2n) is 6.46. The van der Waals surface area contributed by atoms with E-state index in [0.717, 1.165) is 35.1 Å². The molecule has 0 amide bonds. The lowest BCUT2D eigenvalue weighted by Crippen LogP contribution is -2.41. The minimum absolute atomic E-state index is 0.0471. The van der Waals surface area contributed by atoms with Crippen LogP contribution in [0.5, 0.6) is 0 Å². The predicted molar refractivity (Wildman–Crippen MR) is 97.2 cm³/mol. The molecule has 0 radical (unpaired) electrons. The van der Waals surface area contributed by atoms with E-state index in [-0.39, 0.29) is 17.8 Å². The number of aromatic nitrogens is 1. The lowest BCUT2D eigenvalue weighted by atomic mass is 9.96. The van der Waals surface area contributed by atoms with Crippen LogP contribution >= 0.6 is 11.3 Å². The quantitative estimate of drug-likeness (QED) is 0.436. The number of halogens is 4. The molecular formula is C18H20F4N4S. The molecule has 4 nitrogen and oxygen atoms in total. The maximum atomic E-state index is 13.1.